The summed E-state index contributed by atoms with van der Waals surface area (Å²) in [6, 6.07) is 14.8. The van der Waals surface area contributed by atoms with Crippen LogP contribution in [-0.4, -0.2) is 61.6 Å². The van der Waals surface area contributed by atoms with Gasteiger partial charge in [-0.2, -0.15) is 10.6 Å². The third-order valence-corrected chi connectivity index (χ3v) is 8.01. The number of amides is 1. The van der Waals surface area contributed by atoms with E-state index in [0.717, 1.165) is 22.2 Å². The second-order valence-corrected chi connectivity index (χ2v) is 10.7. The monoisotopic (exact) mass is 474 g/mol. The first-order valence-corrected chi connectivity index (χ1v) is 12.3. The number of aromatic nitrogens is 1. The van der Waals surface area contributed by atoms with Crippen LogP contribution >= 0.6 is 22.2 Å². The van der Waals surface area contributed by atoms with Crippen molar-refractivity contribution in [2.24, 2.45) is 0 Å². The lowest BCUT2D eigenvalue weighted by molar-refractivity contribution is 0.111. The smallest absolute Gasteiger partial charge is 0.407 e. The van der Waals surface area contributed by atoms with E-state index in [1.165, 1.54) is 4.90 Å². The number of carbonyl (C=O) groups is 1. The van der Waals surface area contributed by atoms with Gasteiger partial charge in [0.15, 0.2) is 0 Å². The van der Waals surface area contributed by atoms with Crippen LogP contribution in [0, 0.1) is 0 Å². The Labute approximate surface area is 191 Å². The number of pyridine rings is 1. The summed E-state index contributed by atoms with van der Waals surface area (Å²) in [4.78, 5) is 19.9. The van der Waals surface area contributed by atoms with Crippen molar-refractivity contribution in [3.8, 4) is 0 Å². The molecule has 2 aliphatic heterocycles. The molecule has 4 N–H and O–H groups in total. The highest BCUT2D eigenvalue weighted by Crippen LogP contribution is 2.51. The van der Waals surface area contributed by atoms with Gasteiger partial charge in [0, 0.05) is 48.3 Å². The van der Waals surface area contributed by atoms with Crippen LogP contribution in [0.25, 0.3) is 10.9 Å². The summed E-state index contributed by atoms with van der Waals surface area (Å²) in [5.74, 6) is 0.937. The maximum Gasteiger partial charge on any atom is 0.407 e. The van der Waals surface area contributed by atoms with Crippen LogP contribution in [0.4, 0.5) is 16.3 Å². The Morgan fingerprint density at radius 1 is 1.16 bits per heavy atom. The molecule has 5 rings (SSSR count). The third-order valence-electron chi connectivity index (χ3n) is 5.92. The van der Waals surface area contributed by atoms with Gasteiger partial charge in [-0.1, -0.05) is 29.8 Å². The van der Waals surface area contributed by atoms with Crippen molar-refractivity contribution in [2.45, 2.75) is 17.5 Å². The van der Waals surface area contributed by atoms with E-state index in [1.54, 1.807) is 12.1 Å². The number of hydrogen-bond acceptors (Lipinski definition) is 6. The molecule has 0 atom stereocenters. The summed E-state index contributed by atoms with van der Waals surface area (Å²) in [5.41, 5.74) is 2.45. The SMILES string of the molecule is O=C(O)N1CC(Nc2cc(N3CCS(O)(O)c4ccccc4C3)nc3ccc(Cl)cc23)C1. The standard InChI is InChI=1S/C22H23ClN4O4S/c23-15-5-6-18-17(9-15)19(24-16-12-27(13-16)22(28)29)10-21(25-18)26-7-8-32(30,31)20-4-2-1-3-14(20)11-26/h1-6,9-10,16,30-31H,7-8,11-13H2,(H,24,25)(H,28,29). The van der Waals surface area contributed by atoms with Crippen molar-refractivity contribution in [1.82, 2.24) is 9.88 Å². The molecule has 2 aromatic carbocycles. The lowest BCUT2D eigenvalue weighted by Crippen LogP contribution is -2.56. The zero-order chi connectivity index (χ0) is 22.5. The van der Waals surface area contributed by atoms with Crippen LogP contribution in [-0.2, 0) is 6.54 Å². The Bertz CT molecular complexity index is 1200. The molecule has 8 nitrogen and oxygen atoms in total. The Morgan fingerprint density at radius 2 is 1.94 bits per heavy atom. The average Bonchev–Trinajstić information content (AvgIpc) is 2.86. The number of fused-ring (bicyclic) bond motifs is 2. The fourth-order valence-corrected chi connectivity index (χ4v) is 5.91. The molecule has 1 aromatic heterocycles. The minimum atomic E-state index is -2.87. The molecule has 0 aliphatic carbocycles. The van der Waals surface area contributed by atoms with Gasteiger partial charge in [0.25, 0.3) is 0 Å². The fraction of sp³-hybridized carbons (Fsp3) is 0.273. The minimum absolute atomic E-state index is 0.000342. The van der Waals surface area contributed by atoms with Gasteiger partial charge in [-0.3, -0.25) is 9.11 Å². The van der Waals surface area contributed by atoms with E-state index in [0.29, 0.717) is 41.9 Å². The lowest BCUT2D eigenvalue weighted by Gasteiger charge is -2.38. The Morgan fingerprint density at radius 3 is 2.72 bits per heavy atom. The average molecular weight is 475 g/mol. The summed E-state index contributed by atoms with van der Waals surface area (Å²) in [6.45, 7) is 1.77. The van der Waals surface area contributed by atoms with Gasteiger partial charge in [0.05, 0.1) is 22.2 Å². The number of anilines is 2. The molecule has 3 aromatic rings. The van der Waals surface area contributed by atoms with Crippen molar-refractivity contribution in [3.63, 3.8) is 0 Å². The second kappa shape index (κ2) is 8.00. The highest BCUT2D eigenvalue weighted by atomic mass is 35.5. The van der Waals surface area contributed by atoms with Gasteiger partial charge >= 0.3 is 6.09 Å². The van der Waals surface area contributed by atoms with Crippen molar-refractivity contribution in [2.75, 3.05) is 35.6 Å². The largest absolute Gasteiger partial charge is 0.465 e. The van der Waals surface area contributed by atoms with Gasteiger partial charge in [-0.15, -0.1) is 0 Å². The Hall–Kier alpha value is -2.72. The van der Waals surface area contributed by atoms with E-state index >= 15 is 0 Å². The molecular weight excluding hydrogens is 452 g/mol. The molecule has 1 fully saturated rings. The van der Waals surface area contributed by atoms with E-state index in [4.69, 9.17) is 21.7 Å². The second-order valence-electron chi connectivity index (χ2n) is 8.12. The minimum Gasteiger partial charge on any atom is -0.465 e. The number of benzene rings is 2. The Kier molecular flexibility index (Phi) is 5.29. The number of nitrogens with one attached hydrogen (secondary N) is 1. The van der Waals surface area contributed by atoms with E-state index in [9.17, 15) is 13.9 Å². The molecule has 0 spiro atoms. The molecule has 1 saturated heterocycles. The molecule has 32 heavy (non-hydrogen) atoms. The summed E-state index contributed by atoms with van der Waals surface area (Å²) in [7, 11) is -2.87. The first-order chi connectivity index (χ1) is 15.3. The zero-order valence-corrected chi connectivity index (χ0v) is 18.7. The van der Waals surface area contributed by atoms with Crippen molar-refractivity contribution in [3.05, 3.63) is 59.1 Å². The molecular formula is C22H23ClN4O4S. The van der Waals surface area contributed by atoms with Gasteiger partial charge < -0.3 is 20.2 Å². The van der Waals surface area contributed by atoms with E-state index in [1.807, 2.05) is 41.3 Å². The summed E-state index contributed by atoms with van der Waals surface area (Å²) in [6.07, 6.45) is -0.923. The number of nitrogens with zero attached hydrogens (tertiary/aromatic N) is 3. The van der Waals surface area contributed by atoms with Gasteiger partial charge in [-0.05, 0) is 29.8 Å². The predicted octanol–water partition coefficient (Wildman–Crippen LogP) is 4.79. The number of hydrogen-bond donors (Lipinski definition) is 4. The van der Waals surface area contributed by atoms with Crippen molar-refractivity contribution >= 4 is 50.7 Å². The van der Waals surface area contributed by atoms with Gasteiger partial charge in [-0.25, -0.2) is 9.78 Å². The number of rotatable bonds is 3. The van der Waals surface area contributed by atoms with Crippen LogP contribution in [0.1, 0.15) is 5.56 Å². The molecule has 2 aliphatic rings. The van der Waals surface area contributed by atoms with Crippen molar-refractivity contribution < 1.29 is 19.0 Å². The molecule has 0 unspecified atom stereocenters. The third kappa shape index (κ3) is 3.93. The Balaban J connectivity index is 1.51. The van der Waals surface area contributed by atoms with Gasteiger partial charge in [0.2, 0.25) is 0 Å². The van der Waals surface area contributed by atoms with Crippen LogP contribution in [0.2, 0.25) is 5.02 Å². The molecule has 0 bridgehead atoms. The lowest BCUT2D eigenvalue weighted by atomic mass is 10.1. The van der Waals surface area contributed by atoms with Crippen LogP contribution in [0.3, 0.4) is 0 Å². The first-order valence-electron chi connectivity index (χ1n) is 10.2. The first kappa shape index (κ1) is 21.1. The van der Waals surface area contributed by atoms with Crippen molar-refractivity contribution in [1.29, 1.82) is 0 Å². The molecule has 3 heterocycles. The topological polar surface area (TPSA) is 109 Å². The molecule has 1 amide bonds. The van der Waals surface area contributed by atoms with Crippen LogP contribution in [0.5, 0.6) is 0 Å². The molecule has 10 heteroatoms. The van der Waals surface area contributed by atoms with Crippen LogP contribution < -0.4 is 10.2 Å². The van der Waals surface area contributed by atoms with E-state index in [2.05, 4.69) is 5.32 Å². The number of halogens is 1. The number of likely N-dealkylation sites (tertiary alicyclic amines) is 1. The normalized spacial score (nSPS) is 19.1. The van der Waals surface area contributed by atoms with E-state index < -0.39 is 16.7 Å². The summed E-state index contributed by atoms with van der Waals surface area (Å²) in [5, 5.41) is 14.0. The summed E-state index contributed by atoms with van der Waals surface area (Å²) < 4.78 is 21.3. The molecule has 168 valence electrons. The fourth-order valence-electron chi connectivity index (χ4n) is 4.19. The highest BCUT2D eigenvalue weighted by molar-refractivity contribution is 8.24. The van der Waals surface area contributed by atoms with Gasteiger partial charge in [0.1, 0.15) is 5.82 Å². The van der Waals surface area contributed by atoms with E-state index in [-0.39, 0.29) is 11.8 Å². The quantitative estimate of drug-likeness (QED) is 0.432. The summed E-state index contributed by atoms with van der Waals surface area (Å²) >= 11 is 6.23. The highest BCUT2D eigenvalue weighted by Gasteiger charge is 2.31. The molecule has 0 radical (unpaired) electrons. The maximum atomic E-state index is 11.1. The maximum absolute atomic E-state index is 11.1. The zero-order valence-electron chi connectivity index (χ0n) is 17.1. The molecule has 0 saturated carbocycles. The number of carboxylic acid groups (broad SMARTS) is 1. The van der Waals surface area contributed by atoms with Crippen LogP contribution in [0.15, 0.2) is 53.4 Å². The predicted molar refractivity (Wildman–Crippen MR) is 127 cm³/mol.